The number of nitrogens with zero attached hydrogens (tertiary/aromatic N) is 2. The number of carbonyl (C=O) groups is 1. The molecule has 1 atom stereocenters. The predicted octanol–water partition coefficient (Wildman–Crippen LogP) is 2.37. The zero-order valence-electron chi connectivity index (χ0n) is 13.4. The number of rotatable bonds is 6. The highest BCUT2D eigenvalue weighted by Gasteiger charge is 2.20. The fourth-order valence-electron chi connectivity index (χ4n) is 2.77. The zero-order chi connectivity index (χ0) is 16.2. The fraction of sp³-hybridized carbons (Fsp3) is 0.562. The van der Waals surface area contributed by atoms with Crippen molar-refractivity contribution in [2.45, 2.75) is 39.2 Å². The standard InChI is InChI=1S/C16H21N3O3S/c1-10-3-4-12-11(7-10)8-13(23-12)16(20)17-6-5-15-18-14(9-21-2)19-22-15/h8,10H,3-7,9H2,1-2H3,(H,17,20)/t10-/m1/s1. The molecule has 0 unspecified atom stereocenters. The molecule has 0 spiro atoms. The molecule has 2 aromatic rings. The van der Waals surface area contributed by atoms with Crippen molar-refractivity contribution in [2.24, 2.45) is 5.92 Å². The van der Waals surface area contributed by atoms with Crippen LogP contribution in [0.3, 0.4) is 0 Å². The van der Waals surface area contributed by atoms with Crippen LogP contribution in [-0.4, -0.2) is 29.7 Å². The Balaban J connectivity index is 1.51. The number of thiophene rings is 1. The van der Waals surface area contributed by atoms with E-state index in [1.165, 1.54) is 16.9 Å². The van der Waals surface area contributed by atoms with Crippen molar-refractivity contribution in [2.75, 3.05) is 13.7 Å². The second-order valence-electron chi connectivity index (χ2n) is 5.95. The van der Waals surface area contributed by atoms with Crippen LogP contribution in [0.2, 0.25) is 0 Å². The van der Waals surface area contributed by atoms with E-state index in [2.05, 4.69) is 22.4 Å². The summed E-state index contributed by atoms with van der Waals surface area (Å²) >= 11 is 1.62. The number of aryl methyl sites for hydroxylation is 1. The van der Waals surface area contributed by atoms with Gasteiger partial charge in [0.2, 0.25) is 5.89 Å². The van der Waals surface area contributed by atoms with Gasteiger partial charge in [-0.1, -0.05) is 12.1 Å². The zero-order valence-corrected chi connectivity index (χ0v) is 14.2. The van der Waals surface area contributed by atoms with Crippen LogP contribution in [0.5, 0.6) is 0 Å². The second-order valence-corrected chi connectivity index (χ2v) is 7.09. The van der Waals surface area contributed by atoms with Crippen LogP contribution in [0.4, 0.5) is 0 Å². The molecule has 1 aliphatic rings. The minimum Gasteiger partial charge on any atom is -0.377 e. The summed E-state index contributed by atoms with van der Waals surface area (Å²) in [4.78, 5) is 18.6. The highest BCUT2D eigenvalue weighted by atomic mass is 32.1. The lowest BCUT2D eigenvalue weighted by molar-refractivity contribution is 0.0957. The Bertz CT molecular complexity index is 680. The molecule has 0 saturated carbocycles. The summed E-state index contributed by atoms with van der Waals surface area (Å²) in [6, 6.07) is 2.05. The summed E-state index contributed by atoms with van der Waals surface area (Å²) in [5.41, 5.74) is 1.35. The maximum atomic E-state index is 12.3. The molecular weight excluding hydrogens is 314 g/mol. The second kappa shape index (κ2) is 7.23. The van der Waals surface area contributed by atoms with Gasteiger partial charge in [0.25, 0.3) is 5.91 Å². The minimum atomic E-state index is -0.0197. The highest BCUT2D eigenvalue weighted by molar-refractivity contribution is 7.14. The molecule has 23 heavy (non-hydrogen) atoms. The van der Waals surface area contributed by atoms with Crippen LogP contribution in [0.1, 0.15) is 45.2 Å². The third kappa shape index (κ3) is 3.97. The molecule has 0 radical (unpaired) electrons. The number of hydrogen-bond donors (Lipinski definition) is 1. The third-order valence-corrected chi connectivity index (χ3v) is 5.20. The number of fused-ring (bicyclic) bond motifs is 1. The molecule has 0 bridgehead atoms. The van der Waals surface area contributed by atoms with Crippen LogP contribution in [0.15, 0.2) is 10.6 Å². The molecular formula is C16H21N3O3S. The Labute approximate surface area is 139 Å². The number of methoxy groups -OCH3 is 1. The molecule has 0 aliphatic heterocycles. The van der Waals surface area contributed by atoms with Gasteiger partial charge < -0.3 is 14.6 Å². The summed E-state index contributed by atoms with van der Waals surface area (Å²) in [6.07, 6.45) is 3.92. The Kier molecular flexibility index (Phi) is 5.07. The minimum absolute atomic E-state index is 0.0197. The number of amides is 1. The molecule has 7 heteroatoms. The summed E-state index contributed by atoms with van der Waals surface area (Å²) in [7, 11) is 1.58. The maximum absolute atomic E-state index is 12.3. The van der Waals surface area contributed by atoms with E-state index in [-0.39, 0.29) is 5.91 Å². The van der Waals surface area contributed by atoms with Crippen LogP contribution in [-0.2, 0) is 30.6 Å². The van der Waals surface area contributed by atoms with Crippen molar-refractivity contribution in [3.05, 3.63) is 33.1 Å². The first-order valence-corrected chi connectivity index (χ1v) is 8.67. The lowest BCUT2D eigenvalue weighted by Crippen LogP contribution is -2.25. The van der Waals surface area contributed by atoms with Crippen LogP contribution < -0.4 is 5.32 Å². The lowest BCUT2D eigenvalue weighted by Gasteiger charge is -2.16. The molecule has 124 valence electrons. The Morgan fingerprint density at radius 3 is 3.26 bits per heavy atom. The molecule has 0 aromatic carbocycles. The highest BCUT2D eigenvalue weighted by Crippen LogP contribution is 2.32. The van der Waals surface area contributed by atoms with Crippen molar-refractivity contribution in [1.29, 1.82) is 0 Å². The van der Waals surface area contributed by atoms with Gasteiger partial charge in [0.15, 0.2) is 5.82 Å². The molecule has 1 amide bonds. The van der Waals surface area contributed by atoms with Gasteiger partial charge in [-0.3, -0.25) is 4.79 Å². The molecule has 2 aromatic heterocycles. The van der Waals surface area contributed by atoms with Gasteiger partial charge in [-0.05, 0) is 36.8 Å². The normalized spacial score (nSPS) is 17.0. The summed E-state index contributed by atoms with van der Waals surface area (Å²) in [5, 5.41) is 6.71. The number of carbonyl (C=O) groups excluding carboxylic acids is 1. The fourth-order valence-corrected chi connectivity index (χ4v) is 3.89. The SMILES string of the molecule is COCc1noc(CCNC(=O)c2cc3c(s2)CC[C@@H](C)C3)n1. The maximum Gasteiger partial charge on any atom is 0.261 e. The van der Waals surface area contributed by atoms with E-state index >= 15 is 0 Å². The lowest BCUT2D eigenvalue weighted by atomic mass is 9.90. The van der Waals surface area contributed by atoms with Crippen LogP contribution >= 0.6 is 11.3 Å². The summed E-state index contributed by atoms with van der Waals surface area (Å²) in [5.74, 6) is 1.73. The van der Waals surface area contributed by atoms with Crippen LogP contribution in [0.25, 0.3) is 0 Å². The summed E-state index contributed by atoms with van der Waals surface area (Å²) < 4.78 is 10.0. The first-order chi connectivity index (χ1) is 11.2. The Hall–Kier alpha value is -1.73. The predicted molar refractivity (Wildman–Crippen MR) is 86.6 cm³/mol. The Morgan fingerprint density at radius 2 is 2.43 bits per heavy atom. The van der Waals surface area contributed by atoms with Gasteiger partial charge in [-0.25, -0.2) is 0 Å². The number of hydrogen-bond acceptors (Lipinski definition) is 6. The molecule has 0 fully saturated rings. The quantitative estimate of drug-likeness (QED) is 0.877. The third-order valence-electron chi connectivity index (χ3n) is 3.96. The molecule has 6 nitrogen and oxygen atoms in total. The van der Waals surface area contributed by atoms with E-state index in [9.17, 15) is 4.79 Å². The molecule has 2 heterocycles. The average molecular weight is 335 g/mol. The number of nitrogens with one attached hydrogen (secondary N) is 1. The van der Waals surface area contributed by atoms with Gasteiger partial charge in [-0.15, -0.1) is 11.3 Å². The van der Waals surface area contributed by atoms with E-state index < -0.39 is 0 Å². The Morgan fingerprint density at radius 1 is 1.57 bits per heavy atom. The first-order valence-electron chi connectivity index (χ1n) is 7.86. The molecule has 1 aliphatic carbocycles. The van der Waals surface area contributed by atoms with Crippen molar-refractivity contribution in [3.63, 3.8) is 0 Å². The smallest absolute Gasteiger partial charge is 0.261 e. The van der Waals surface area contributed by atoms with Gasteiger partial charge in [-0.2, -0.15) is 4.98 Å². The monoisotopic (exact) mass is 335 g/mol. The average Bonchev–Trinajstić information content (AvgIpc) is 3.14. The molecule has 3 rings (SSSR count). The van der Waals surface area contributed by atoms with E-state index in [1.807, 2.05) is 6.07 Å². The van der Waals surface area contributed by atoms with Gasteiger partial charge in [0.05, 0.1) is 4.88 Å². The topological polar surface area (TPSA) is 77.3 Å². The summed E-state index contributed by atoms with van der Waals surface area (Å²) in [6.45, 7) is 3.07. The molecule has 1 N–H and O–H groups in total. The van der Waals surface area contributed by atoms with E-state index in [0.717, 1.165) is 17.7 Å². The van der Waals surface area contributed by atoms with Gasteiger partial charge in [0.1, 0.15) is 6.61 Å². The van der Waals surface area contributed by atoms with Crippen molar-refractivity contribution >= 4 is 17.2 Å². The first kappa shape index (κ1) is 16.1. The van der Waals surface area contributed by atoms with E-state index in [1.54, 1.807) is 18.4 Å². The largest absolute Gasteiger partial charge is 0.377 e. The van der Waals surface area contributed by atoms with Crippen LogP contribution in [0, 0.1) is 5.92 Å². The number of aromatic nitrogens is 2. The van der Waals surface area contributed by atoms with Crippen molar-refractivity contribution in [1.82, 2.24) is 15.5 Å². The van der Waals surface area contributed by atoms with Crippen molar-refractivity contribution < 1.29 is 14.1 Å². The van der Waals surface area contributed by atoms with Gasteiger partial charge >= 0.3 is 0 Å². The van der Waals surface area contributed by atoms with E-state index in [0.29, 0.717) is 37.2 Å². The molecule has 0 saturated heterocycles. The number of ether oxygens (including phenoxy) is 1. The van der Waals surface area contributed by atoms with E-state index in [4.69, 9.17) is 9.26 Å². The van der Waals surface area contributed by atoms with Gasteiger partial charge in [0, 0.05) is 25.0 Å². The van der Waals surface area contributed by atoms with Crippen molar-refractivity contribution in [3.8, 4) is 0 Å².